The number of hydrogen-bond donors (Lipinski definition) is 2. The predicted molar refractivity (Wildman–Crippen MR) is 102 cm³/mol. The first-order chi connectivity index (χ1) is 12.0. The molecule has 2 aromatic carbocycles. The van der Waals surface area contributed by atoms with Gasteiger partial charge in [-0.3, -0.25) is 9.69 Å². The number of piperidine rings is 1. The van der Waals surface area contributed by atoms with Crippen LogP contribution < -0.4 is 11.1 Å². The Labute approximate surface area is 150 Å². The molecule has 4 heteroatoms. The quantitative estimate of drug-likeness (QED) is 0.899. The second-order valence-corrected chi connectivity index (χ2v) is 7.52. The molecule has 2 aromatic rings. The minimum atomic E-state index is -0.312. The lowest BCUT2D eigenvalue weighted by Gasteiger charge is -2.45. The smallest absolute Gasteiger partial charge is 0.246 e. The summed E-state index contributed by atoms with van der Waals surface area (Å²) in [6.07, 6.45) is 0.898. The lowest BCUT2D eigenvalue weighted by Crippen LogP contribution is -2.54. The van der Waals surface area contributed by atoms with Crippen LogP contribution in [0.2, 0.25) is 0 Å². The van der Waals surface area contributed by atoms with Crippen molar-refractivity contribution in [3.05, 3.63) is 66.2 Å². The van der Waals surface area contributed by atoms with Gasteiger partial charge in [-0.25, -0.2) is 0 Å². The lowest BCUT2D eigenvalue weighted by molar-refractivity contribution is -0.123. The highest BCUT2D eigenvalue weighted by molar-refractivity contribution is 5.95. The minimum Gasteiger partial charge on any atom is -0.327 e. The van der Waals surface area contributed by atoms with Crippen LogP contribution >= 0.6 is 0 Å². The molecule has 0 saturated carbocycles. The predicted octanol–water partition coefficient (Wildman–Crippen LogP) is 3.43. The van der Waals surface area contributed by atoms with Crippen molar-refractivity contribution in [2.45, 2.75) is 32.4 Å². The van der Waals surface area contributed by atoms with Crippen LogP contribution in [0.4, 0.5) is 5.69 Å². The standard InChI is InChI=1S/C21H27N3O/c1-21(2)15-24(14-13-18(21)22)19(16-9-5-3-6-10-16)20(25)23-17-11-7-4-8-12-17/h3-12,18-19H,13-15,22H2,1-2H3,(H,23,25). The van der Waals surface area contributed by atoms with E-state index in [4.69, 9.17) is 5.73 Å². The summed E-state index contributed by atoms with van der Waals surface area (Å²) in [6.45, 7) is 5.99. The average molecular weight is 337 g/mol. The highest BCUT2D eigenvalue weighted by Crippen LogP contribution is 2.33. The normalized spacial score (nSPS) is 21.5. The summed E-state index contributed by atoms with van der Waals surface area (Å²) in [5.41, 5.74) is 8.11. The van der Waals surface area contributed by atoms with Gasteiger partial charge in [0.1, 0.15) is 6.04 Å². The highest BCUT2D eigenvalue weighted by atomic mass is 16.2. The monoisotopic (exact) mass is 337 g/mol. The molecule has 1 saturated heterocycles. The maximum Gasteiger partial charge on any atom is 0.246 e. The number of nitrogens with zero attached hydrogens (tertiary/aromatic N) is 1. The van der Waals surface area contributed by atoms with Gasteiger partial charge in [0, 0.05) is 24.8 Å². The van der Waals surface area contributed by atoms with Crippen molar-refractivity contribution < 1.29 is 4.79 Å². The molecule has 0 radical (unpaired) electrons. The van der Waals surface area contributed by atoms with Crippen LogP contribution in [0, 0.1) is 5.41 Å². The van der Waals surface area contributed by atoms with Gasteiger partial charge >= 0.3 is 0 Å². The Kier molecular flexibility index (Phi) is 5.21. The Morgan fingerprint density at radius 2 is 1.72 bits per heavy atom. The van der Waals surface area contributed by atoms with E-state index in [1.54, 1.807) is 0 Å². The zero-order valence-corrected chi connectivity index (χ0v) is 15.0. The summed E-state index contributed by atoms with van der Waals surface area (Å²) >= 11 is 0. The number of anilines is 1. The van der Waals surface area contributed by atoms with E-state index >= 15 is 0 Å². The number of benzene rings is 2. The third kappa shape index (κ3) is 4.09. The van der Waals surface area contributed by atoms with Crippen molar-refractivity contribution in [3.63, 3.8) is 0 Å². The topological polar surface area (TPSA) is 58.4 Å². The van der Waals surface area contributed by atoms with Gasteiger partial charge in [0.05, 0.1) is 0 Å². The molecule has 25 heavy (non-hydrogen) atoms. The van der Waals surface area contributed by atoms with E-state index in [9.17, 15) is 4.79 Å². The van der Waals surface area contributed by atoms with E-state index in [0.717, 1.165) is 30.8 Å². The molecule has 0 spiro atoms. The first-order valence-electron chi connectivity index (χ1n) is 8.88. The van der Waals surface area contributed by atoms with Crippen molar-refractivity contribution in [2.75, 3.05) is 18.4 Å². The number of rotatable bonds is 4. The number of carbonyl (C=O) groups excluding carboxylic acids is 1. The van der Waals surface area contributed by atoms with Crippen LogP contribution in [0.1, 0.15) is 31.9 Å². The number of likely N-dealkylation sites (tertiary alicyclic amines) is 1. The van der Waals surface area contributed by atoms with E-state index in [0.29, 0.717) is 0 Å². The highest BCUT2D eigenvalue weighted by Gasteiger charge is 2.38. The summed E-state index contributed by atoms with van der Waals surface area (Å²) < 4.78 is 0. The molecule has 132 valence electrons. The third-order valence-electron chi connectivity index (χ3n) is 5.11. The molecule has 3 rings (SSSR count). The van der Waals surface area contributed by atoms with Crippen LogP contribution in [0.3, 0.4) is 0 Å². The number of nitrogens with one attached hydrogen (secondary N) is 1. The maximum atomic E-state index is 13.1. The second-order valence-electron chi connectivity index (χ2n) is 7.52. The Bertz CT molecular complexity index is 700. The zero-order valence-electron chi connectivity index (χ0n) is 15.0. The summed E-state index contributed by atoms with van der Waals surface area (Å²) in [5.74, 6) is 0.00340. The van der Waals surface area contributed by atoms with E-state index in [-0.39, 0.29) is 23.4 Å². The van der Waals surface area contributed by atoms with Crippen LogP contribution in [0.5, 0.6) is 0 Å². The fraction of sp³-hybridized carbons (Fsp3) is 0.381. The van der Waals surface area contributed by atoms with Gasteiger partial charge in [-0.15, -0.1) is 0 Å². The van der Waals surface area contributed by atoms with Crippen LogP contribution in [0.25, 0.3) is 0 Å². The van der Waals surface area contributed by atoms with Crippen molar-refractivity contribution in [1.29, 1.82) is 0 Å². The maximum absolute atomic E-state index is 13.1. The molecule has 0 aliphatic carbocycles. The van der Waals surface area contributed by atoms with Crippen molar-refractivity contribution in [2.24, 2.45) is 11.1 Å². The van der Waals surface area contributed by atoms with E-state index in [1.165, 1.54) is 0 Å². The largest absolute Gasteiger partial charge is 0.327 e. The van der Waals surface area contributed by atoms with Crippen molar-refractivity contribution in [3.8, 4) is 0 Å². The van der Waals surface area contributed by atoms with Crippen LogP contribution in [-0.4, -0.2) is 29.9 Å². The number of carbonyl (C=O) groups is 1. The van der Waals surface area contributed by atoms with Crippen LogP contribution in [0.15, 0.2) is 60.7 Å². The van der Waals surface area contributed by atoms with Gasteiger partial charge in [-0.1, -0.05) is 62.4 Å². The molecule has 0 aromatic heterocycles. The number of nitrogens with two attached hydrogens (primary N) is 1. The van der Waals surface area contributed by atoms with E-state index in [1.807, 2.05) is 60.7 Å². The molecule has 1 amide bonds. The van der Waals surface area contributed by atoms with Gasteiger partial charge in [0.25, 0.3) is 0 Å². The van der Waals surface area contributed by atoms with Crippen LogP contribution in [-0.2, 0) is 4.79 Å². The molecule has 3 N–H and O–H groups in total. The summed E-state index contributed by atoms with van der Waals surface area (Å²) in [6, 6.07) is 19.5. The lowest BCUT2D eigenvalue weighted by atomic mass is 9.79. The summed E-state index contributed by atoms with van der Waals surface area (Å²) in [5, 5.41) is 3.06. The molecule has 1 fully saturated rings. The molecule has 2 unspecified atom stereocenters. The fourth-order valence-electron chi connectivity index (χ4n) is 3.53. The average Bonchev–Trinajstić information content (AvgIpc) is 2.60. The number of hydrogen-bond acceptors (Lipinski definition) is 3. The molecule has 1 aliphatic rings. The van der Waals surface area contributed by atoms with E-state index < -0.39 is 0 Å². The van der Waals surface area contributed by atoms with Gasteiger partial charge in [-0.2, -0.15) is 0 Å². The fourth-order valence-corrected chi connectivity index (χ4v) is 3.53. The number of para-hydroxylation sites is 1. The molecular weight excluding hydrogens is 310 g/mol. The Morgan fingerprint density at radius 1 is 1.12 bits per heavy atom. The third-order valence-corrected chi connectivity index (χ3v) is 5.11. The Morgan fingerprint density at radius 3 is 2.32 bits per heavy atom. The summed E-state index contributed by atoms with van der Waals surface area (Å²) in [7, 11) is 0. The van der Waals surface area contributed by atoms with Gasteiger partial charge < -0.3 is 11.1 Å². The SMILES string of the molecule is CC1(C)CN(C(C(=O)Nc2ccccc2)c2ccccc2)CCC1N. The molecule has 2 atom stereocenters. The van der Waals surface area contributed by atoms with Crippen molar-refractivity contribution in [1.82, 2.24) is 4.90 Å². The first kappa shape index (κ1) is 17.6. The molecule has 0 bridgehead atoms. The van der Waals surface area contributed by atoms with Gasteiger partial charge in [0.2, 0.25) is 5.91 Å². The first-order valence-corrected chi connectivity index (χ1v) is 8.88. The Balaban J connectivity index is 1.87. The molecular formula is C21H27N3O. The molecule has 1 aliphatic heterocycles. The number of amides is 1. The zero-order chi connectivity index (χ0) is 17.9. The minimum absolute atomic E-state index is 0.00340. The van der Waals surface area contributed by atoms with Crippen molar-refractivity contribution >= 4 is 11.6 Å². The molecule has 4 nitrogen and oxygen atoms in total. The second kappa shape index (κ2) is 7.38. The molecule has 1 heterocycles. The van der Waals surface area contributed by atoms with E-state index in [2.05, 4.69) is 24.1 Å². The Hall–Kier alpha value is -2.17. The van der Waals surface area contributed by atoms with Gasteiger partial charge in [-0.05, 0) is 29.5 Å². The summed E-state index contributed by atoms with van der Waals surface area (Å²) in [4.78, 5) is 15.4. The van der Waals surface area contributed by atoms with Gasteiger partial charge in [0.15, 0.2) is 0 Å².